The van der Waals surface area contributed by atoms with Crippen LogP contribution in [0.4, 0.5) is 9.59 Å². The lowest BCUT2D eigenvalue weighted by atomic mass is 9.39. The minimum Gasteiger partial charge on any atom is -0.444 e. The summed E-state index contributed by atoms with van der Waals surface area (Å²) >= 11 is 0. The summed E-state index contributed by atoms with van der Waals surface area (Å²) in [7, 11) is 0. The van der Waals surface area contributed by atoms with E-state index in [2.05, 4.69) is 79.9 Å². The molecule has 10 N–H and O–H groups in total. The summed E-state index contributed by atoms with van der Waals surface area (Å²) in [5.41, 5.74) is 15.1. The smallest absolute Gasteiger partial charge is 0.407 e. The Balaban J connectivity index is 0.000000133. The van der Waals surface area contributed by atoms with Crippen molar-refractivity contribution in [2.45, 2.75) is 337 Å². The molecule has 20 bridgehead atoms. The number of nitrogens with one attached hydrogen (secondary N) is 2. The van der Waals surface area contributed by atoms with Gasteiger partial charge < -0.3 is 57.2 Å². The average Bonchev–Trinajstić information content (AvgIpc) is 0.723. The van der Waals surface area contributed by atoms with E-state index in [0.29, 0.717) is 43.3 Å². The summed E-state index contributed by atoms with van der Waals surface area (Å²) in [6.45, 7) is 35.6. The molecule has 0 aliphatic heterocycles. The van der Waals surface area contributed by atoms with Crippen molar-refractivity contribution in [1.82, 2.24) is 10.6 Å². The Labute approximate surface area is 584 Å². The maximum Gasteiger partial charge on any atom is 0.407 e. The number of amides is 4. The molecule has 22 heteroatoms. The predicted octanol–water partition coefficient (Wildman–Crippen LogP) is 14.2. The Morgan fingerprint density at radius 3 is 1.00 bits per heavy atom. The molecule has 552 valence electrons. The first-order valence-corrected chi connectivity index (χ1v) is 36.7. The van der Waals surface area contributed by atoms with Crippen LogP contribution in [0.1, 0.15) is 303 Å². The van der Waals surface area contributed by atoms with Gasteiger partial charge in [-0.2, -0.15) is 0 Å². The Hall–Kier alpha value is -3.95. The van der Waals surface area contributed by atoms with E-state index in [0.717, 1.165) is 160 Å². The van der Waals surface area contributed by atoms with Gasteiger partial charge in [-0.1, -0.05) is 69.2 Å². The van der Waals surface area contributed by atoms with Gasteiger partial charge in [-0.05, 0) is 317 Å². The number of nitrogens with zero attached hydrogens (tertiary/aromatic N) is 2. The van der Waals surface area contributed by atoms with Crippen molar-refractivity contribution in [1.29, 1.82) is 0 Å². The number of halogens is 1. The highest BCUT2D eigenvalue weighted by Crippen LogP contribution is 2.76. The van der Waals surface area contributed by atoms with Crippen LogP contribution >= 0.6 is 12.4 Å². The lowest BCUT2D eigenvalue weighted by Gasteiger charge is -2.68. The number of ether oxygens (including phenoxy) is 2. The van der Waals surface area contributed by atoms with E-state index in [1.54, 1.807) is 0 Å². The van der Waals surface area contributed by atoms with Crippen LogP contribution in [0.2, 0.25) is 0 Å². The molecule has 20 aliphatic carbocycles. The topological polar surface area (TPSA) is 334 Å². The predicted molar refractivity (Wildman–Crippen MR) is 370 cm³/mol. The first-order valence-electron chi connectivity index (χ1n) is 36.7. The van der Waals surface area contributed by atoms with Crippen LogP contribution in [-0.4, -0.2) is 97.6 Å². The Kier molecular flexibility index (Phi) is 18.0. The number of primary amides is 2. The van der Waals surface area contributed by atoms with Gasteiger partial charge in [0.15, 0.2) is 0 Å². The maximum absolute atomic E-state index is 12.1. The van der Waals surface area contributed by atoms with Crippen LogP contribution in [0.5, 0.6) is 0 Å². The number of carbonyl (C=O) groups excluding carboxylic acids is 4. The van der Waals surface area contributed by atoms with E-state index >= 15 is 0 Å². The maximum atomic E-state index is 12.1. The minimum absolute atomic E-state index is 0. The Morgan fingerprint density at radius 1 is 0.412 bits per heavy atom. The average molecular weight is 1390 g/mol. The molecule has 21 nitrogen and oxygen atoms in total. The van der Waals surface area contributed by atoms with Crippen molar-refractivity contribution >= 4 is 36.4 Å². The zero-order valence-electron chi connectivity index (χ0n) is 62.2. The van der Waals surface area contributed by atoms with Crippen LogP contribution in [0.15, 0.2) is 0 Å². The normalized spacial score (nSPS) is 49.9. The highest BCUT2D eigenvalue weighted by molar-refractivity contribution is 5.85. The van der Waals surface area contributed by atoms with Crippen LogP contribution in [0, 0.1) is 107 Å². The number of aliphatic hydroxyl groups is 2. The molecule has 10 unspecified atom stereocenters. The molecule has 0 radical (unpaired) electrons. The number of alkyl carbamates (subject to hydrolysis) is 2. The van der Waals surface area contributed by atoms with Gasteiger partial charge >= 0.3 is 12.2 Å². The van der Waals surface area contributed by atoms with Crippen molar-refractivity contribution in [3.05, 3.63) is 20.2 Å². The molecule has 20 fully saturated rings. The molecule has 0 heterocycles. The third kappa shape index (κ3) is 15.4. The monoisotopic (exact) mass is 1380 g/mol. The van der Waals surface area contributed by atoms with E-state index in [9.17, 15) is 49.6 Å². The lowest BCUT2D eigenvalue weighted by molar-refractivity contribution is -0.786. The van der Waals surface area contributed by atoms with E-state index < -0.39 is 55.3 Å². The molecule has 4 amide bonds. The molecule has 20 rings (SSSR count). The van der Waals surface area contributed by atoms with Gasteiger partial charge in [0.1, 0.15) is 22.4 Å². The summed E-state index contributed by atoms with van der Waals surface area (Å²) in [5.74, 6) is 0.551. The Bertz CT molecular complexity index is 3000. The molecule has 0 spiro atoms. The highest BCUT2D eigenvalue weighted by Gasteiger charge is 2.71. The van der Waals surface area contributed by atoms with E-state index in [4.69, 9.17) is 36.3 Å². The largest absolute Gasteiger partial charge is 0.444 e. The molecule has 0 aromatic rings. The minimum atomic E-state index is -0.711. The zero-order chi connectivity index (χ0) is 71.1. The van der Waals surface area contributed by atoms with Crippen molar-refractivity contribution in [3.8, 4) is 0 Å². The molecule has 20 aliphatic rings. The molecule has 0 saturated heterocycles. The van der Waals surface area contributed by atoms with Crippen molar-refractivity contribution in [3.63, 3.8) is 0 Å². The van der Waals surface area contributed by atoms with Gasteiger partial charge in [0, 0.05) is 13.1 Å². The molecular formula is C75H126ClN7O14. The van der Waals surface area contributed by atoms with Crippen LogP contribution in [0.3, 0.4) is 0 Å². The molecular weight excluding hydrogens is 1260 g/mol. The first kappa shape index (κ1) is 75.7. The fraction of sp³-hybridized carbons (Fsp3) is 0.947. The number of hydrogen-bond acceptors (Lipinski definition) is 15. The highest BCUT2D eigenvalue weighted by atomic mass is 35.5. The molecule has 97 heavy (non-hydrogen) atoms. The lowest BCUT2D eigenvalue weighted by Crippen LogP contribution is -2.66. The van der Waals surface area contributed by atoms with Crippen LogP contribution < -0.4 is 27.8 Å². The van der Waals surface area contributed by atoms with Gasteiger partial charge in [0.25, 0.3) is 10.2 Å². The first-order chi connectivity index (χ1) is 43.4. The second-order valence-electron chi connectivity index (χ2n) is 43.5. The molecule has 10 atom stereocenters. The fourth-order valence-corrected chi connectivity index (χ4v) is 31.4. The number of carbonyl (C=O) groups is 4. The van der Waals surface area contributed by atoms with Gasteiger partial charge in [-0.15, -0.1) is 32.6 Å². The van der Waals surface area contributed by atoms with Crippen molar-refractivity contribution in [2.24, 2.45) is 104 Å². The Morgan fingerprint density at radius 2 is 0.701 bits per heavy atom. The van der Waals surface area contributed by atoms with E-state index in [1.807, 2.05) is 41.5 Å². The number of hydrogen-bond donors (Lipinski definition) is 7. The number of rotatable bonds is 11. The van der Waals surface area contributed by atoms with Crippen LogP contribution in [-0.2, 0) is 28.7 Å². The summed E-state index contributed by atoms with van der Waals surface area (Å²) in [6.07, 6.45) is 28.5. The molecule has 20 saturated carbocycles. The van der Waals surface area contributed by atoms with Gasteiger partial charge in [-0.25, -0.2) is 9.59 Å². The molecule has 0 aromatic heterocycles. The van der Waals surface area contributed by atoms with E-state index in [1.165, 1.54) is 25.7 Å². The summed E-state index contributed by atoms with van der Waals surface area (Å²) in [5, 5.41) is 48.3. The van der Waals surface area contributed by atoms with Gasteiger partial charge in [-0.3, -0.25) is 9.59 Å². The third-order valence-corrected chi connectivity index (χ3v) is 27.2. The van der Waals surface area contributed by atoms with Crippen LogP contribution in [0.25, 0.3) is 0 Å². The fourth-order valence-electron chi connectivity index (χ4n) is 31.4. The van der Waals surface area contributed by atoms with Crippen molar-refractivity contribution < 1.29 is 58.7 Å². The molecule has 0 aromatic carbocycles. The second kappa shape index (κ2) is 23.0. The summed E-state index contributed by atoms with van der Waals surface area (Å²) in [6, 6.07) is 0. The van der Waals surface area contributed by atoms with Crippen molar-refractivity contribution in [2.75, 3.05) is 19.6 Å². The SMILES string of the molecule is CC12CC3(C)CC(CN)(C1)CC(O[N+](=O)[O-])(C2)C3.CC12CC3(C)CC(CNC(=O)OC(C)(C)C)(C1)CC(O[N+](=O)[O-])(C2)C3.CC12CC3(C)CC(O)(C1)CC(C(N)=O)(C2)C3.CC12CC3(C)CC(O)(C1)CC(CNC(=O)OC(C)(C)C)(C2)C3.CC12CC3CC(C)(C1)CC(C(N)=O)(C3)C2.Cl. The third-order valence-electron chi connectivity index (χ3n) is 27.2. The second-order valence-corrected chi connectivity index (χ2v) is 43.5. The standard InChI is InChI=1S/C18H30N2O5.C18H31NO3.C13H22N2O3.C13H21NO2.C13H21NO.ClH/c1-14(2,3)24-13(21)19-12-17-7-15(4)6-16(5,8-17)10-18(9-15,11-17)25-20(22)23;1-14(2,3)22-13(20)19-12-17-7-15(4)6-16(5,8-17)10-18(21,9-15)11-17;1-10-3-11(2)5-12(4-10,9-14)8-13(6-10,7-11)18-15(16)17;1-10-3-11(2)5-12(4-10,9(14)15)8-13(16,6-10)7-11;1-11-3-9-4-12(2,6-11)8-13(5-9,7-11)10(14)15;/h6-12H2,1-5H3,(H,19,21);21H,6-12H2,1-5H3,(H,19,20);3-9,14H2,1-2H3;16H,3-8H2,1-2H3,(H2,14,15);9H,3-8H2,1-2H3,(H2,14,15);1H. The quantitative estimate of drug-likeness (QED) is 0.0747. The van der Waals surface area contributed by atoms with Gasteiger partial charge in [0.05, 0.1) is 22.0 Å². The zero-order valence-corrected chi connectivity index (χ0v) is 63.1. The summed E-state index contributed by atoms with van der Waals surface area (Å²) in [4.78, 5) is 80.0. The number of nitrogens with two attached hydrogens (primary N) is 3. The summed E-state index contributed by atoms with van der Waals surface area (Å²) < 4.78 is 10.7. The van der Waals surface area contributed by atoms with Gasteiger partial charge in [0.2, 0.25) is 11.8 Å². The van der Waals surface area contributed by atoms with E-state index in [-0.39, 0.29) is 95.3 Å².